The number of hydrogen-bond acceptors (Lipinski definition) is 5. The number of imidazole rings is 1. The highest BCUT2D eigenvalue weighted by Gasteiger charge is 2.24. The van der Waals surface area contributed by atoms with Crippen LogP contribution in [0.4, 0.5) is 8.78 Å². The van der Waals surface area contributed by atoms with E-state index in [1.165, 1.54) is 7.05 Å². The first-order valence-corrected chi connectivity index (χ1v) is 7.37. The minimum atomic E-state index is -3.85. The van der Waals surface area contributed by atoms with Crippen molar-refractivity contribution in [1.29, 1.82) is 0 Å². The zero-order valence-corrected chi connectivity index (χ0v) is 11.8. The van der Waals surface area contributed by atoms with Crippen LogP contribution in [0.3, 0.4) is 0 Å². The van der Waals surface area contributed by atoms with Gasteiger partial charge in [0.2, 0.25) is 15.0 Å². The van der Waals surface area contributed by atoms with Crippen LogP contribution in [0.5, 0.6) is 0 Å². The lowest BCUT2D eigenvalue weighted by Gasteiger charge is -2.05. The summed E-state index contributed by atoms with van der Waals surface area (Å²) in [7, 11) is -2.50. The summed E-state index contributed by atoms with van der Waals surface area (Å²) in [5, 5.41) is -0.354. The Balaban J connectivity index is 2.97. The predicted molar refractivity (Wildman–Crippen MR) is 66.1 cm³/mol. The van der Waals surface area contributed by atoms with E-state index in [0.29, 0.717) is 6.08 Å². The van der Waals surface area contributed by atoms with Crippen molar-refractivity contribution in [3.8, 4) is 0 Å². The fourth-order valence-corrected chi connectivity index (χ4v) is 2.83. The topological polar surface area (TPSA) is 78.3 Å². The van der Waals surface area contributed by atoms with Gasteiger partial charge in [0.15, 0.2) is 0 Å². The number of halogens is 2. The van der Waals surface area contributed by atoms with Crippen molar-refractivity contribution in [2.75, 3.05) is 12.4 Å². The number of hydrogen-bond donors (Lipinski definition) is 0. The molecule has 9 heteroatoms. The molecule has 0 radical (unpaired) electrons. The maximum atomic E-state index is 11.9. The van der Waals surface area contributed by atoms with Crippen LogP contribution in [0.2, 0.25) is 0 Å². The van der Waals surface area contributed by atoms with Crippen molar-refractivity contribution in [2.45, 2.75) is 18.5 Å². The Hall–Kier alpha value is -1.77. The zero-order valence-electron chi connectivity index (χ0n) is 11.0. The second-order valence-electron chi connectivity index (χ2n) is 3.81. The van der Waals surface area contributed by atoms with Crippen LogP contribution < -0.4 is 0 Å². The molecule has 112 valence electrons. The van der Waals surface area contributed by atoms with Crippen molar-refractivity contribution < 1.29 is 26.7 Å². The molecule has 0 aliphatic heterocycles. The Morgan fingerprint density at radius 1 is 1.50 bits per heavy atom. The van der Waals surface area contributed by atoms with Crippen molar-refractivity contribution >= 4 is 15.8 Å². The van der Waals surface area contributed by atoms with Gasteiger partial charge in [0.05, 0.1) is 18.6 Å². The summed E-state index contributed by atoms with van der Waals surface area (Å²) < 4.78 is 53.4. The molecule has 6 nitrogen and oxygen atoms in total. The van der Waals surface area contributed by atoms with Crippen LogP contribution in [-0.4, -0.2) is 36.3 Å². The van der Waals surface area contributed by atoms with Crippen LogP contribution >= 0.6 is 0 Å². The Morgan fingerprint density at radius 3 is 2.70 bits per heavy atom. The number of sulfone groups is 1. The average molecular weight is 308 g/mol. The van der Waals surface area contributed by atoms with Crippen LogP contribution in [0.25, 0.3) is 0 Å². The summed E-state index contributed by atoms with van der Waals surface area (Å²) in [6.07, 6.45) is -0.664. The summed E-state index contributed by atoms with van der Waals surface area (Å²) in [5.74, 6) is -1.21. The average Bonchev–Trinajstić information content (AvgIpc) is 2.71. The lowest BCUT2D eigenvalue weighted by molar-refractivity contribution is 0.0514. The molecular weight excluding hydrogens is 294 g/mol. The standard InChI is InChI=1S/C11H14F2N2O4S/c1-3-19-10(16)8-7-14-11(15(8)2)20(17,18)6-4-5-9(12)13/h5,7H,3-4,6H2,1-2H3. The van der Waals surface area contributed by atoms with Crippen molar-refractivity contribution in [3.05, 3.63) is 24.0 Å². The van der Waals surface area contributed by atoms with Gasteiger partial charge in [-0.2, -0.15) is 8.78 Å². The van der Waals surface area contributed by atoms with Crippen molar-refractivity contribution in [2.24, 2.45) is 7.05 Å². The third-order valence-corrected chi connectivity index (χ3v) is 4.10. The fraction of sp³-hybridized carbons (Fsp3) is 0.455. The van der Waals surface area contributed by atoms with Gasteiger partial charge in [-0.1, -0.05) is 0 Å². The molecule has 0 saturated carbocycles. The molecule has 0 unspecified atom stereocenters. The van der Waals surface area contributed by atoms with Gasteiger partial charge >= 0.3 is 5.97 Å². The molecule has 0 saturated heterocycles. The molecule has 20 heavy (non-hydrogen) atoms. The number of nitrogens with zero attached hydrogens (tertiary/aromatic N) is 2. The highest BCUT2D eigenvalue weighted by molar-refractivity contribution is 7.91. The van der Waals surface area contributed by atoms with Crippen LogP contribution in [0, 0.1) is 0 Å². The van der Waals surface area contributed by atoms with E-state index < -0.39 is 27.6 Å². The van der Waals surface area contributed by atoms with Crippen LogP contribution in [0.15, 0.2) is 23.5 Å². The summed E-state index contributed by atoms with van der Waals surface area (Å²) in [4.78, 5) is 15.2. The molecule has 0 fully saturated rings. The maximum Gasteiger partial charge on any atom is 0.356 e. The minimum Gasteiger partial charge on any atom is -0.461 e. The first kappa shape index (κ1) is 16.3. The van der Waals surface area contributed by atoms with E-state index >= 15 is 0 Å². The van der Waals surface area contributed by atoms with Gasteiger partial charge in [-0.15, -0.1) is 0 Å². The van der Waals surface area contributed by atoms with E-state index in [1.807, 2.05) is 0 Å². The zero-order chi connectivity index (χ0) is 15.3. The quantitative estimate of drug-likeness (QED) is 0.745. The Kier molecular flexibility index (Phi) is 5.37. The predicted octanol–water partition coefficient (Wildman–Crippen LogP) is 1.54. The molecule has 0 spiro atoms. The van der Waals surface area contributed by atoms with Crippen LogP contribution in [-0.2, 0) is 21.6 Å². The maximum absolute atomic E-state index is 11.9. The van der Waals surface area contributed by atoms with Gasteiger partial charge in [-0.25, -0.2) is 18.2 Å². The van der Waals surface area contributed by atoms with E-state index in [2.05, 4.69) is 4.98 Å². The molecule has 1 aromatic heterocycles. The summed E-state index contributed by atoms with van der Waals surface area (Å²) in [6.45, 7) is 1.76. The number of carbonyl (C=O) groups is 1. The normalized spacial score (nSPS) is 11.2. The van der Waals surface area contributed by atoms with Gasteiger partial charge in [-0.3, -0.25) is 0 Å². The van der Waals surface area contributed by atoms with Gasteiger partial charge in [-0.05, 0) is 19.4 Å². The minimum absolute atomic E-state index is 0.0161. The number of ether oxygens (including phenoxy) is 1. The molecule has 1 aromatic rings. The lowest BCUT2D eigenvalue weighted by Crippen LogP contribution is -2.16. The molecule has 1 rings (SSSR count). The van der Waals surface area contributed by atoms with E-state index in [9.17, 15) is 22.0 Å². The second-order valence-corrected chi connectivity index (χ2v) is 5.81. The number of allylic oxidation sites excluding steroid dienone is 1. The number of esters is 1. The lowest BCUT2D eigenvalue weighted by atomic mass is 10.5. The van der Waals surface area contributed by atoms with Crippen LogP contribution in [0.1, 0.15) is 23.8 Å². The highest BCUT2D eigenvalue weighted by atomic mass is 32.2. The Morgan fingerprint density at radius 2 is 2.15 bits per heavy atom. The third-order valence-electron chi connectivity index (χ3n) is 2.39. The fourth-order valence-electron chi connectivity index (χ4n) is 1.49. The van der Waals surface area contributed by atoms with E-state index in [1.54, 1.807) is 6.92 Å². The van der Waals surface area contributed by atoms with Gasteiger partial charge in [0.25, 0.3) is 6.08 Å². The van der Waals surface area contributed by atoms with Crippen molar-refractivity contribution in [1.82, 2.24) is 9.55 Å². The van der Waals surface area contributed by atoms with Gasteiger partial charge in [0, 0.05) is 7.05 Å². The van der Waals surface area contributed by atoms with Gasteiger partial charge < -0.3 is 9.30 Å². The first-order valence-electron chi connectivity index (χ1n) is 5.72. The first-order chi connectivity index (χ1) is 9.29. The molecule has 0 amide bonds. The van der Waals surface area contributed by atoms with E-state index in [4.69, 9.17) is 4.74 Å². The monoisotopic (exact) mass is 308 g/mol. The Labute approximate surface area is 115 Å². The smallest absolute Gasteiger partial charge is 0.356 e. The summed E-state index contributed by atoms with van der Waals surface area (Å²) in [5.41, 5.74) is -0.0161. The summed E-state index contributed by atoms with van der Waals surface area (Å²) >= 11 is 0. The molecule has 0 aromatic carbocycles. The molecule has 0 N–H and O–H groups in total. The number of aromatic nitrogens is 2. The Bertz CT molecular complexity index is 618. The number of carbonyl (C=O) groups excluding carboxylic acids is 1. The molecule has 0 aliphatic carbocycles. The molecule has 0 bridgehead atoms. The number of rotatable bonds is 6. The van der Waals surface area contributed by atoms with Crippen molar-refractivity contribution in [3.63, 3.8) is 0 Å². The second kappa shape index (κ2) is 6.60. The third kappa shape index (κ3) is 3.86. The highest BCUT2D eigenvalue weighted by Crippen LogP contribution is 2.14. The summed E-state index contributed by atoms with van der Waals surface area (Å²) in [6, 6.07) is 0. The van der Waals surface area contributed by atoms with E-state index in [0.717, 1.165) is 10.8 Å². The molecule has 0 aliphatic rings. The van der Waals surface area contributed by atoms with E-state index in [-0.39, 0.29) is 23.9 Å². The molecule has 0 atom stereocenters. The van der Waals surface area contributed by atoms with Gasteiger partial charge in [0.1, 0.15) is 5.69 Å². The molecular formula is C11H14F2N2O4S. The largest absolute Gasteiger partial charge is 0.461 e. The molecule has 1 heterocycles. The SMILES string of the molecule is CCOC(=O)c1cnc(S(=O)(=O)CCC=C(F)F)n1C.